The summed E-state index contributed by atoms with van der Waals surface area (Å²) in [6.45, 7) is 3.03. The Balaban J connectivity index is 2.80. The molecule has 0 saturated heterocycles. The first-order chi connectivity index (χ1) is 6.50. The lowest BCUT2D eigenvalue weighted by molar-refractivity contribution is 0.383. The predicted molar refractivity (Wildman–Crippen MR) is 58.4 cm³/mol. The first-order valence-corrected chi connectivity index (χ1v) is 4.98. The second-order valence-corrected chi connectivity index (χ2v) is 4.24. The van der Waals surface area contributed by atoms with Crippen LogP contribution in [0.5, 0.6) is 0 Å². The molecule has 78 valence electrons. The van der Waals surface area contributed by atoms with Gasteiger partial charge in [0.1, 0.15) is 5.82 Å². The maximum Gasteiger partial charge on any atom is 0.141 e. The summed E-state index contributed by atoms with van der Waals surface area (Å²) in [6.07, 6.45) is 0. The van der Waals surface area contributed by atoms with Gasteiger partial charge in [-0.3, -0.25) is 0 Å². The molecule has 0 aliphatic carbocycles. The van der Waals surface area contributed by atoms with E-state index < -0.39 is 0 Å². The highest BCUT2D eigenvalue weighted by atomic mass is 35.5. The van der Waals surface area contributed by atoms with Crippen molar-refractivity contribution >= 4 is 11.6 Å². The molecule has 1 nitrogen and oxygen atoms in total. The van der Waals surface area contributed by atoms with Crippen LogP contribution < -0.4 is 0 Å². The Morgan fingerprint density at radius 2 is 2.07 bits per heavy atom. The number of nitrogens with zero attached hydrogens (tertiary/aromatic N) is 1. The molecule has 0 spiro atoms. The van der Waals surface area contributed by atoms with Gasteiger partial charge in [0, 0.05) is 6.54 Å². The van der Waals surface area contributed by atoms with Gasteiger partial charge in [0.15, 0.2) is 0 Å². The maximum absolute atomic E-state index is 12.9. The van der Waals surface area contributed by atoms with Crippen LogP contribution >= 0.6 is 11.6 Å². The van der Waals surface area contributed by atoms with Gasteiger partial charge in [-0.25, -0.2) is 4.39 Å². The number of halogens is 2. The van der Waals surface area contributed by atoms with Gasteiger partial charge in [-0.1, -0.05) is 24.6 Å². The van der Waals surface area contributed by atoms with Crippen LogP contribution in [0.2, 0.25) is 5.02 Å². The first-order valence-electron chi connectivity index (χ1n) is 4.60. The molecule has 3 heteroatoms. The summed E-state index contributed by atoms with van der Waals surface area (Å²) in [5, 5.41) is 0.202. The van der Waals surface area contributed by atoms with Crippen molar-refractivity contribution in [2.75, 3.05) is 20.6 Å². The van der Waals surface area contributed by atoms with Gasteiger partial charge in [-0.05, 0) is 37.7 Å². The quantitative estimate of drug-likeness (QED) is 0.749. The Labute approximate surface area is 89.5 Å². The maximum atomic E-state index is 12.9. The van der Waals surface area contributed by atoms with Gasteiger partial charge < -0.3 is 4.90 Å². The fourth-order valence-corrected chi connectivity index (χ4v) is 1.66. The standard InChI is InChI=1S/C11H15ClFN/c1-8(7-14(2)3)9-4-5-11(13)10(12)6-9/h4-6,8H,7H2,1-3H3. The van der Waals surface area contributed by atoms with E-state index in [-0.39, 0.29) is 10.8 Å². The molecule has 0 radical (unpaired) electrons. The first kappa shape index (κ1) is 11.5. The molecule has 0 N–H and O–H groups in total. The fourth-order valence-electron chi connectivity index (χ4n) is 1.47. The molecule has 0 amide bonds. The van der Waals surface area contributed by atoms with E-state index in [1.54, 1.807) is 12.1 Å². The summed E-state index contributed by atoms with van der Waals surface area (Å²) < 4.78 is 12.9. The van der Waals surface area contributed by atoms with E-state index in [1.165, 1.54) is 6.07 Å². The van der Waals surface area contributed by atoms with Gasteiger partial charge in [-0.15, -0.1) is 0 Å². The highest BCUT2D eigenvalue weighted by molar-refractivity contribution is 6.30. The molecule has 0 bridgehead atoms. The van der Waals surface area contributed by atoms with Crippen LogP contribution in [0.15, 0.2) is 18.2 Å². The van der Waals surface area contributed by atoms with Crippen molar-refractivity contribution < 1.29 is 4.39 Å². The van der Waals surface area contributed by atoms with Crippen LogP contribution in [-0.4, -0.2) is 25.5 Å². The molecule has 1 unspecified atom stereocenters. The average Bonchev–Trinajstić information content (AvgIpc) is 2.08. The van der Waals surface area contributed by atoms with Crippen LogP contribution in [0, 0.1) is 5.82 Å². The van der Waals surface area contributed by atoms with Crippen LogP contribution in [0.3, 0.4) is 0 Å². The molecule has 1 aromatic rings. The molecule has 0 heterocycles. The lowest BCUT2D eigenvalue weighted by Crippen LogP contribution is -2.18. The smallest absolute Gasteiger partial charge is 0.141 e. The van der Waals surface area contributed by atoms with Crippen molar-refractivity contribution in [1.29, 1.82) is 0 Å². The minimum absolute atomic E-state index is 0.202. The van der Waals surface area contributed by atoms with Crippen LogP contribution in [0.25, 0.3) is 0 Å². The Kier molecular flexibility index (Phi) is 3.90. The molecular weight excluding hydrogens is 201 g/mol. The third-order valence-corrected chi connectivity index (χ3v) is 2.44. The fraction of sp³-hybridized carbons (Fsp3) is 0.455. The molecule has 0 aliphatic heterocycles. The van der Waals surface area contributed by atoms with Crippen molar-refractivity contribution in [3.63, 3.8) is 0 Å². The minimum Gasteiger partial charge on any atom is -0.309 e. The van der Waals surface area contributed by atoms with Crippen molar-refractivity contribution in [2.24, 2.45) is 0 Å². The third kappa shape index (κ3) is 2.96. The number of benzene rings is 1. The monoisotopic (exact) mass is 215 g/mol. The minimum atomic E-state index is -0.354. The van der Waals surface area contributed by atoms with E-state index in [1.807, 2.05) is 14.1 Å². The molecule has 1 atom stereocenters. The highest BCUT2D eigenvalue weighted by Gasteiger charge is 2.08. The van der Waals surface area contributed by atoms with E-state index in [9.17, 15) is 4.39 Å². The number of hydrogen-bond donors (Lipinski definition) is 0. The summed E-state index contributed by atoms with van der Waals surface area (Å²) in [4.78, 5) is 2.10. The topological polar surface area (TPSA) is 3.24 Å². The largest absolute Gasteiger partial charge is 0.309 e. The van der Waals surface area contributed by atoms with Gasteiger partial charge in [-0.2, -0.15) is 0 Å². The SMILES string of the molecule is CC(CN(C)C)c1ccc(F)c(Cl)c1. The Bertz CT molecular complexity index is 312. The summed E-state index contributed by atoms with van der Waals surface area (Å²) in [5.41, 5.74) is 1.07. The summed E-state index contributed by atoms with van der Waals surface area (Å²) >= 11 is 5.71. The zero-order chi connectivity index (χ0) is 10.7. The van der Waals surface area contributed by atoms with Crippen LogP contribution in [-0.2, 0) is 0 Å². The third-order valence-electron chi connectivity index (χ3n) is 2.15. The second-order valence-electron chi connectivity index (χ2n) is 3.84. The number of likely N-dealkylation sites (N-methyl/N-ethyl adjacent to an activating group) is 1. The normalized spacial score (nSPS) is 13.3. The molecule has 0 aromatic heterocycles. The molecule has 14 heavy (non-hydrogen) atoms. The Morgan fingerprint density at radius 3 is 2.57 bits per heavy atom. The summed E-state index contributed by atoms with van der Waals surface area (Å²) in [7, 11) is 4.03. The van der Waals surface area contributed by atoms with Gasteiger partial charge in [0.05, 0.1) is 5.02 Å². The molecule has 0 aliphatic rings. The zero-order valence-corrected chi connectivity index (χ0v) is 9.48. The zero-order valence-electron chi connectivity index (χ0n) is 8.72. The highest BCUT2D eigenvalue weighted by Crippen LogP contribution is 2.22. The van der Waals surface area contributed by atoms with Crippen LogP contribution in [0.4, 0.5) is 4.39 Å². The van der Waals surface area contributed by atoms with E-state index in [4.69, 9.17) is 11.6 Å². The van der Waals surface area contributed by atoms with Crippen molar-refractivity contribution in [3.8, 4) is 0 Å². The van der Waals surface area contributed by atoms with Gasteiger partial charge in [0.2, 0.25) is 0 Å². The lowest BCUT2D eigenvalue weighted by Gasteiger charge is -2.17. The molecule has 0 saturated carbocycles. The van der Waals surface area contributed by atoms with E-state index in [0.29, 0.717) is 5.92 Å². The van der Waals surface area contributed by atoms with Gasteiger partial charge >= 0.3 is 0 Å². The van der Waals surface area contributed by atoms with Crippen molar-refractivity contribution in [1.82, 2.24) is 4.90 Å². The van der Waals surface area contributed by atoms with E-state index in [2.05, 4.69) is 11.8 Å². The predicted octanol–water partition coefficient (Wildman–Crippen LogP) is 3.14. The van der Waals surface area contributed by atoms with Crippen LogP contribution in [0.1, 0.15) is 18.4 Å². The number of hydrogen-bond acceptors (Lipinski definition) is 1. The van der Waals surface area contributed by atoms with E-state index >= 15 is 0 Å². The Hall–Kier alpha value is -0.600. The Morgan fingerprint density at radius 1 is 1.43 bits per heavy atom. The summed E-state index contributed by atoms with van der Waals surface area (Å²) in [6, 6.07) is 4.91. The average molecular weight is 216 g/mol. The van der Waals surface area contributed by atoms with E-state index in [0.717, 1.165) is 12.1 Å². The molecular formula is C11H15ClFN. The second kappa shape index (κ2) is 4.76. The molecule has 0 fully saturated rings. The summed E-state index contributed by atoms with van der Waals surface area (Å²) in [5.74, 6) is 0.00979. The molecule has 1 aromatic carbocycles. The van der Waals surface area contributed by atoms with Crippen molar-refractivity contribution in [3.05, 3.63) is 34.6 Å². The van der Waals surface area contributed by atoms with Crippen molar-refractivity contribution in [2.45, 2.75) is 12.8 Å². The van der Waals surface area contributed by atoms with Gasteiger partial charge in [0.25, 0.3) is 0 Å². The lowest BCUT2D eigenvalue weighted by atomic mass is 10.0. The molecule has 1 rings (SSSR count). The number of rotatable bonds is 3.